The molecule has 7 nitrogen and oxygen atoms in total. The van der Waals surface area contributed by atoms with Crippen molar-refractivity contribution in [3.8, 4) is 0 Å². The summed E-state index contributed by atoms with van der Waals surface area (Å²) >= 11 is 4.74. The molecule has 0 saturated heterocycles. The van der Waals surface area contributed by atoms with Crippen LogP contribution in [0.3, 0.4) is 0 Å². The SMILES string of the molecule is CCN(C(=O)CSc1ccc(Br)cc1)c1c(N)n(Cc2ccccc2)c(=O)[nH]c1=O. The number of aromatic amines is 1. The summed E-state index contributed by atoms with van der Waals surface area (Å²) in [5.74, 6) is -0.171. The number of nitrogens with zero attached hydrogens (tertiary/aromatic N) is 2. The van der Waals surface area contributed by atoms with E-state index in [-0.39, 0.29) is 36.3 Å². The average Bonchev–Trinajstić information content (AvgIpc) is 2.74. The Hall–Kier alpha value is -2.78. The molecular formula is C21H21BrN4O3S. The van der Waals surface area contributed by atoms with Crippen molar-refractivity contribution >= 4 is 45.1 Å². The van der Waals surface area contributed by atoms with Gasteiger partial charge < -0.3 is 10.6 Å². The predicted molar refractivity (Wildman–Crippen MR) is 124 cm³/mol. The Balaban J connectivity index is 1.88. The van der Waals surface area contributed by atoms with Crippen molar-refractivity contribution in [2.75, 3.05) is 22.9 Å². The molecule has 9 heteroatoms. The molecule has 0 aliphatic carbocycles. The van der Waals surface area contributed by atoms with Crippen molar-refractivity contribution < 1.29 is 4.79 Å². The first kappa shape index (κ1) is 21.9. The molecule has 0 saturated carbocycles. The maximum absolute atomic E-state index is 12.9. The van der Waals surface area contributed by atoms with Gasteiger partial charge in [-0.05, 0) is 36.8 Å². The summed E-state index contributed by atoms with van der Waals surface area (Å²) in [5, 5.41) is 0. The molecule has 0 bridgehead atoms. The zero-order valence-electron chi connectivity index (χ0n) is 16.3. The molecule has 1 heterocycles. The Morgan fingerprint density at radius 3 is 2.43 bits per heavy atom. The quantitative estimate of drug-likeness (QED) is 0.497. The maximum atomic E-state index is 12.9. The summed E-state index contributed by atoms with van der Waals surface area (Å²) in [6, 6.07) is 16.9. The predicted octanol–water partition coefficient (Wildman–Crippen LogP) is 3.07. The molecule has 1 aromatic heterocycles. The first-order valence-electron chi connectivity index (χ1n) is 9.26. The van der Waals surface area contributed by atoms with E-state index in [9.17, 15) is 14.4 Å². The number of carbonyl (C=O) groups excluding carboxylic acids is 1. The second-order valence-corrected chi connectivity index (χ2v) is 8.41. The van der Waals surface area contributed by atoms with Gasteiger partial charge in [0.05, 0.1) is 12.3 Å². The van der Waals surface area contributed by atoms with E-state index in [1.807, 2.05) is 54.6 Å². The van der Waals surface area contributed by atoms with Crippen LogP contribution in [0.4, 0.5) is 11.5 Å². The molecule has 156 valence electrons. The lowest BCUT2D eigenvalue weighted by atomic mass is 10.2. The fraction of sp³-hybridized carbons (Fsp3) is 0.190. The lowest BCUT2D eigenvalue weighted by Crippen LogP contribution is -2.41. The summed E-state index contributed by atoms with van der Waals surface area (Å²) in [6.45, 7) is 2.19. The lowest BCUT2D eigenvalue weighted by Gasteiger charge is -2.23. The van der Waals surface area contributed by atoms with E-state index in [1.54, 1.807) is 6.92 Å². The monoisotopic (exact) mass is 488 g/mol. The fourth-order valence-corrected chi connectivity index (χ4v) is 4.01. The highest BCUT2D eigenvalue weighted by molar-refractivity contribution is 9.10. The minimum Gasteiger partial charge on any atom is -0.383 e. The van der Waals surface area contributed by atoms with Crippen LogP contribution in [0.5, 0.6) is 0 Å². The molecular weight excluding hydrogens is 468 g/mol. The number of hydrogen-bond acceptors (Lipinski definition) is 5. The average molecular weight is 489 g/mol. The Morgan fingerprint density at radius 2 is 1.80 bits per heavy atom. The second-order valence-electron chi connectivity index (χ2n) is 6.45. The van der Waals surface area contributed by atoms with Crippen LogP contribution in [0.1, 0.15) is 12.5 Å². The summed E-state index contributed by atoms with van der Waals surface area (Å²) < 4.78 is 2.22. The first-order chi connectivity index (χ1) is 14.4. The fourth-order valence-electron chi connectivity index (χ4n) is 2.97. The molecule has 3 aromatic rings. The number of hydrogen-bond donors (Lipinski definition) is 2. The van der Waals surface area contributed by atoms with Gasteiger partial charge in [0.2, 0.25) is 5.91 Å². The van der Waals surface area contributed by atoms with Gasteiger partial charge in [-0.25, -0.2) is 4.79 Å². The van der Waals surface area contributed by atoms with Crippen molar-refractivity contribution in [2.24, 2.45) is 0 Å². The van der Waals surface area contributed by atoms with Crippen LogP contribution < -0.4 is 21.9 Å². The lowest BCUT2D eigenvalue weighted by molar-refractivity contribution is -0.116. The molecule has 0 spiro atoms. The van der Waals surface area contributed by atoms with Crippen LogP contribution in [-0.4, -0.2) is 27.8 Å². The molecule has 3 N–H and O–H groups in total. The first-order valence-corrected chi connectivity index (χ1v) is 11.0. The Morgan fingerprint density at radius 1 is 1.13 bits per heavy atom. The Bertz CT molecular complexity index is 1140. The number of nitrogens with two attached hydrogens (primary N) is 1. The third kappa shape index (κ3) is 5.03. The van der Waals surface area contributed by atoms with Gasteiger partial charge in [0.15, 0.2) is 5.69 Å². The molecule has 0 aliphatic rings. The van der Waals surface area contributed by atoms with Crippen LogP contribution in [0.2, 0.25) is 0 Å². The number of carbonyl (C=O) groups is 1. The van der Waals surface area contributed by atoms with Gasteiger partial charge in [-0.1, -0.05) is 46.3 Å². The summed E-state index contributed by atoms with van der Waals surface area (Å²) in [5.41, 5.74) is 5.77. The van der Waals surface area contributed by atoms with Crippen LogP contribution in [0.15, 0.2) is 73.6 Å². The third-order valence-electron chi connectivity index (χ3n) is 4.46. The zero-order valence-corrected chi connectivity index (χ0v) is 18.7. The molecule has 0 unspecified atom stereocenters. The number of benzene rings is 2. The van der Waals surface area contributed by atoms with Crippen LogP contribution in [0.25, 0.3) is 0 Å². The minimum atomic E-state index is -0.675. The number of halogens is 1. The number of aromatic nitrogens is 2. The van der Waals surface area contributed by atoms with Crippen molar-refractivity contribution in [3.05, 3.63) is 85.5 Å². The molecule has 0 aliphatic heterocycles. The van der Waals surface area contributed by atoms with E-state index in [0.29, 0.717) is 0 Å². The Labute approximate surface area is 186 Å². The molecule has 1 amide bonds. The van der Waals surface area contributed by atoms with Gasteiger partial charge >= 0.3 is 5.69 Å². The van der Waals surface area contributed by atoms with Gasteiger partial charge in [0, 0.05) is 15.9 Å². The molecule has 0 atom stereocenters. The third-order valence-corrected chi connectivity index (χ3v) is 5.99. The van der Waals surface area contributed by atoms with E-state index < -0.39 is 11.2 Å². The highest BCUT2D eigenvalue weighted by Crippen LogP contribution is 2.23. The van der Waals surface area contributed by atoms with Gasteiger partial charge in [-0.2, -0.15) is 0 Å². The van der Waals surface area contributed by atoms with E-state index in [0.717, 1.165) is 14.9 Å². The molecule has 3 rings (SSSR count). The highest BCUT2D eigenvalue weighted by Gasteiger charge is 2.23. The van der Waals surface area contributed by atoms with Gasteiger partial charge in [-0.15, -0.1) is 11.8 Å². The van der Waals surface area contributed by atoms with Gasteiger partial charge in [-0.3, -0.25) is 19.1 Å². The van der Waals surface area contributed by atoms with Crippen LogP contribution in [-0.2, 0) is 11.3 Å². The van der Waals surface area contributed by atoms with Crippen molar-refractivity contribution in [1.82, 2.24) is 9.55 Å². The normalized spacial score (nSPS) is 10.7. The van der Waals surface area contributed by atoms with E-state index in [2.05, 4.69) is 20.9 Å². The molecule has 2 aromatic carbocycles. The molecule has 0 radical (unpaired) electrons. The topological polar surface area (TPSA) is 101 Å². The van der Waals surface area contributed by atoms with E-state index in [4.69, 9.17) is 5.73 Å². The number of rotatable bonds is 7. The number of thioether (sulfide) groups is 1. The largest absolute Gasteiger partial charge is 0.383 e. The number of nitrogens with one attached hydrogen (secondary N) is 1. The number of nitrogen functional groups attached to an aromatic ring is 1. The van der Waals surface area contributed by atoms with E-state index >= 15 is 0 Å². The van der Waals surface area contributed by atoms with Crippen molar-refractivity contribution in [1.29, 1.82) is 0 Å². The van der Waals surface area contributed by atoms with Gasteiger partial charge in [0.1, 0.15) is 5.82 Å². The van der Waals surface area contributed by atoms with Crippen molar-refractivity contribution in [2.45, 2.75) is 18.4 Å². The van der Waals surface area contributed by atoms with Gasteiger partial charge in [0.25, 0.3) is 5.56 Å². The minimum absolute atomic E-state index is 0.00515. The van der Waals surface area contributed by atoms with Crippen LogP contribution in [0, 0.1) is 0 Å². The standard InChI is InChI=1S/C21H21BrN4O3S/c1-2-25(17(27)13-30-16-10-8-15(22)9-11-16)18-19(23)26(21(29)24-20(18)28)12-14-6-4-3-5-7-14/h3-11H,2,12-13,23H2,1H3,(H,24,28,29). The molecule has 0 fully saturated rings. The smallest absolute Gasteiger partial charge is 0.330 e. The van der Waals surface area contributed by atoms with Crippen LogP contribution >= 0.6 is 27.7 Å². The van der Waals surface area contributed by atoms with E-state index in [1.165, 1.54) is 21.2 Å². The molecule has 30 heavy (non-hydrogen) atoms. The summed E-state index contributed by atoms with van der Waals surface area (Å²) in [6.07, 6.45) is 0. The highest BCUT2D eigenvalue weighted by atomic mass is 79.9. The number of H-pyrrole nitrogens is 1. The zero-order chi connectivity index (χ0) is 21.7. The number of anilines is 2. The number of amides is 1. The summed E-state index contributed by atoms with van der Waals surface area (Å²) in [7, 11) is 0. The maximum Gasteiger partial charge on any atom is 0.330 e. The summed E-state index contributed by atoms with van der Waals surface area (Å²) in [4.78, 5) is 42.3. The Kier molecular flexibility index (Phi) is 7.17. The van der Waals surface area contributed by atoms with Crippen molar-refractivity contribution in [3.63, 3.8) is 0 Å². The second kappa shape index (κ2) is 9.82.